The molecular formula is C12H8BrClF2S. The van der Waals surface area contributed by atoms with Gasteiger partial charge in [-0.05, 0) is 57.6 Å². The summed E-state index contributed by atoms with van der Waals surface area (Å²) in [5.74, 6) is -0.924. The van der Waals surface area contributed by atoms with E-state index in [2.05, 4.69) is 15.9 Å². The van der Waals surface area contributed by atoms with Crippen LogP contribution in [0.25, 0.3) is 0 Å². The van der Waals surface area contributed by atoms with Gasteiger partial charge in [-0.3, -0.25) is 0 Å². The van der Waals surface area contributed by atoms with E-state index in [1.807, 2.05) is 5.38 Å². The molecule has 17 heavy (non-hydrogen) atoms. The maximum Gasteiger partial charge on any atom is 0.128 e. The average molecular weight is 338 g/mol. The molecule has 1 heterocycles. The number of thiophene rings is 1. The van der Waals surface area contributed by atoms with Gasteiger partial charge in [-0.2, -0.15) is 0 Å². The SMILES string of the molecule is Cc1cc(F)c(C(Cl)c2csc(Br)c2)cc1F. The van der Waals surface area contributed by atoms with Crippen molar-refractivity contribution in [2.24, 2.45) is 0 Å². The lowest BCUT2D eigenvalue weighted by Gasteiger charge is -2.10. The van der Waals surface area contributed by atoms with Crippen molar-refractivity contribution in [2.75, 3.05) is 0 Å². The summed E-state index contributed by atoms with van der Waals surface area (Å²) in [6.07, 6.45) is 0. The van der Waals surface area contributed by atoms with Crippen LogP contribution in [0.1, 0.15) is 22.1 Å². The summed E-state index contributed by atoms with van der Waals surface area (Å²) in [5.41, 5.74) is 1.20. The van der Waals surface area contributed by atoms with E-state index < -0.39 is 17.0 Å². The molecule has 2 aromatic rings. The fourth-order valence-corrected chi connectivity index (χ4v) is 3.06. The quantitative estimate of drug-likeness (QED) is 0.641. The first-order valence-electron chi connectivity index (χ1n) is 4.82. The molecule has 1 unspecified atom stereocenters. The second-order valence-electron chi connectivity index (χ2n) is 3.67. The minimum absolute atomic E-state index is 0.167. The Balaban J connectivity index is 2.43. The minimum atomic E-state index is -0.673. The van der Waals surface area contributed by atoms with E-state index in [-0.39, 0.29) is 11.1 Å². The Morgan fingerprint density at radius 1 is 1.24 bits per heavy atom. The number of halogens is 4. The number of hydrogen-bond acceptors (Lipinski definition) is 1. The van der Waals surface area contributed by atoms with Gasteiger partial charge in [-0.15, -0.1) is 22.9 Å². The first-order chi connectivity index (χ1) is 7.99. The lowest BCUT2D eigenvalue weighted by atomic mass is 10.0. The number of alkyl halides is 1. The van der Waals surface area contributed by atoms with Crippen LogP contribution in [0.5, 0.6) is 0 Å². The molecule has 0 aliphatic carbocycles. The van der Waals surface area contributed by atoms with Crippen molar-refractivity contribution in [3.63, 3.8) is 0 Å². The number of benzene rings is 1. The van der Waals surface area contributed by atoms with Crippen LogP contribution in [-0.2, 0) is 0 Å². The summed E-state index contributed by atoms with van der Waals surface area (Å²) in [6.45, 7) is 1.52. The molecular weight excluding hydrogens is 330 g/mol. The topological polar surface area (TPSA) is 0 Å². The lowest BCUT2D eigenvalue weighted by Crippen LogP contribution is -1.98. The molecule has 0 spiro atoms. The molecule has 2 rings (SSSR count). The molecule has 0 radical (unpaired) electrons. The van der Waals surface area contributed by atoms with Crippen molar-refractivity contribution in [3.8, 4) is 0 Å². The Morgan fingerprint density at radius 3 is 2.53 bits per heavy atom. The molecule has 0 amide bonds. The van der Waals surface area contributed by atoms with Gasteiger partial charge < -0.3 is 0 Å². The van der Waals surface area contributed by atoms with Crippen molar-refractivity contribution in [1.82, 2.24) is 0 Å². The third-order valence-corrected chi connectivity index (χ3v) is 4.44. The molecule has 0 aliphatic rings. The molecule has 0 nitrogen and oxygen atoms in total. The van der Waals surface area contributed by atoms with Crippen LogP contribution in [0.15, 0.2) is 27.4 Å². The maximum atomic E-state index is 13.7. The third-order valence-electron chi connectivity index (χ3n) is 2.43. The van der Waals surface area contributed by atoms with E-state index in [9.17, 15) is 8.78 Å². The summed E-state index contributed by atoms with van der Waals surface area (Å²) in [7, 11) is 0. The van der Waals surface area contributed by atoms with Crippen LogP contribution < -0.4 is 0 Å². The molecule has 5 heteroatoms. The first-order valence-corrected chi connectivity index (χ1v) is 6.93. The van der Waals surface area contributed by atoms with Gasteiger partial charge in [-0.1, -0.05) is 0 Å². The maximum absolute atomic E-state index is 13.7. The van der Waals surface area contributed by atoms with Gasteiger partial charge in [0, 0.05) is 5.56 Å². The van der Waals surface area contributed by atoms with Crippen molar-refractivity contribution in [2.45, 2.75) is 12.3 Å². The Kier molecular flexibility index (Phi) is 3.85. The zero-order chi connectivity index (χ0) is 12.6. The lowest BCUT2D eigenvalue weighted by molar-refractivity contribution is 0.580. The van der Waals surface area contributed by atoms with E-state index >= 15 is 0 Å². The highest BCUT2D eigenvalue weighted by Crippen LogP contribution is 2.35. The zero-order valence-corrected chi connectivity index (χ0v) is 12.0. The van der Waals surface area contributed by atoms with E-state index in [0.717, 1.165) is 15.4 Å². The Morgan fingerprint density at radius 2 is 1.94 bits per heavy atom. The van der Waals surface area contributed by atoms with E-state index in [1.54, 1.807) is 6.07 Å². The van der Waals surface area contributed by atoms with Gasteiger partial charge >= 0.3 is 0 Å². The molecule has 1 aromatic carbocycles. The highest BCUT2D eigenvalue weighted by atomic mass is 79.9. The Labute approximate surface area is 115 Å². The number of rotatable bonds is 2. The number of aryl methyl sites for hydroxylation is 1. The Bertz CT molecular complexity index is 553. The Hall–Kier alpha value is -0.450. The van der Waals surface area contributed by atoms with Gasteiger partial charge in [0.15, 0.2) is 0 Å². The highest BCUT2D eigenvalue weighted by molar-refractivity contribution is 9.11. The van der Waals surface area contributed by atoms with Gasteiger partial charge in [-0.25, -0.2) is 8.78 Å². The van der Waals surface area contributed by atoms with E-state index in [0.29, 0.717) is 0 Å². The summed E-state index contributed by atoms with van der Waals surface area (Å²) in [6, 6.07) is 4.13. The van der Waals surface area contributed by atoms with Crippen LogP contribution in [0, 0.1) is 18.6 Å². The molecule has 90 valence electrons. The second kappa shape index (κ2) is 5.04. The largest absolute Gasteiger partial charge is 0.207 e. The molecule has 0 bridgehead atoms. The second-order valence-corrected chi connectivity index (χ2v) is 6.40. The fraction of sp³-hybridized carbons (Fsp3) is 0.167. The average Bonchev–Trinajstić information content (AvgIpc) is 2.69. The van der Waals surface area contributed by atoms with E-state index in [4.69, 9.17) is 11.6 Å². The third kappa shape index (κ3) is 2.69. The van der Waals surface area contributed by atoms with Gasteiger partial charge in [0.1, 0.15) is 11.6 Å². The van der Waals surface area contributed by atoms with Crippen LogP contribution in [0.2, 0.25) is 0 Å². The molecule has 1 atom stereocenters. The predicted octanol–water partition coefficient (Wildman–Crippen LogP) is 5.43. The minimum Gasteiger partial charge on any atom is -0.207 e. The summed E-state index contributed by atoms with van der Waals surface area (Å²) >= 11 is 10.9. The first kappa shape index (κ1) is 13.0. The molecule has 0 saturated heterocycles. The molecule has 0 aliphatic heterocycles. The van der Waals surface area contributed by atoms with Crippen LogP contribution in [-0.4, -0.2) is 0 Å². The van der Waals surface area contributed by atoms with Gasteiger partial charge in [0.2, 0.25) is 0 Å². The summed E-state index contributed by atoms with van der Waals surface area (Å²) in [5, 5.41) is 1.14. The molecule has 0 saturated carbocycles. The van der Waals surface area contributed by atoms with Crippen molar-refractivity contribution in [1.29, 1.82) is 0 Å². The fourth-order valence-electron chi connectivity index (χ4n) is 1.49. The zero-order valence-electron chi connectivity index (χ0n) is 8.81. The van der Waals surface area contributed by atoms with Crippen molar-refractivity contribution < 1.29 is 8.78 Å². The van der Waals surface area contributed by atoms with Gasteiger partial charge in [0.05, 0.1) is 9.16 Å². The predicted molar refractivity (Wildman–Crippen MR) is 70.8 cm³/mol. The highest BCUT2D eigenvalue weighted by Gasteiger charge is 2.18. The molecule has 0 fully saturated rings. The normalized spacial score (nSPS) is 12.8. The van der Waals surface area contributed by atoms with Crippen LogP contribution in [0.3, 0.4) is 0 Å². The molecule has 0 N–H and O–H groups in total. The number of hydrogen-bond donors (Lipinski definition) is 0. The summed E-state index contributed by atoms with van der Waals surface area (Å²) < 4.78 is 28.0. The van der Waals surface area contributed by atoms with Crippen LogP contribution in [0.4, 0.5) is 8.78 Å². The molecule has 1 aromatic heterocycles. The van der Waals surface area contributed by atoms with Crippen LogP contribution >= 0.6 is 38.9 Å². The van der Waals surface area contributed by atoms with Crippen molar-refractivity contribution >= 4 is 38.9 Å². The monoisotopic (exact) mass is 336 g/mol. The van der Waals surface area contributed by atoms with E-state index in [1.165, 1.54) is 24.3 Å². The summed E-state index contributed by atoms with van der Waals surface area (Å²) in [4.78, 5) is 0. The smallest absolute Gasteiger partial charge is 0.128 e. The standard InChI is InChI=1S/C12H8BrClF2S/c1-6-2-10(16)8(4-9(6)15)12(14)7-3-11(13)17-5-7/h2-5,12H,1H3. The van der Waals surface area contributed by atoms with Gasteiger partial charge in [0.25, 0.3) is 0 Å². The van der Waals surface area contributed by atoms with Crippen molar-refractivity contribution in [3.05, 3.63) is 55.7 Å².